The number of rotatable bonds is 2. The van der Waals surface area contributed by atoms with Crippen LogP contribution in [0.15, 0.2) is 42.5 Å². The highest BCUT2D eigenvalue weighted by molar-refractivity contribution is 6.31. The molecule has 6 nitrogen and oxygen atoms in total. The normalized spacial score (nSPS) is 11.2. The van der Waals surface area contributed by atoms with E-state index < -0.39 is 0 Å². The number of halogens is 2. The van der Waals surface area contributed by atoms with Crippen LogP contribution in [0.3, 0.4) is 0 Å². The number of tetrazole rings is 1. The van der Waals surface area contributed by atoms with Gasteiger partial charge in [0.25, 0.3) is 0 Å². The molecule has 2 aromatic carbocycles. The van der Waals surface area contributed by atoms with Crippen LogP contribution in [0.25, 0.3) is 28.2 Å². The third-order valence-electron chi connectivity index (χ3n) is 3.80. The maximum Gasteiger partial charge on any atom is 0.222 e. The zero-order valence-electron chi connectivity index (χ0n) is 13.1. The van der Waals surface area contributed by atoms with Gasteiger partial charge in [0.2, 0.25) is 5.65 Å². The maximum absolute atomic E-state index is 13.3. The highest BCUT2D eigenvalue weighted by Crippen LogP contribution is 2.34. The largest absolute Gasteiger partial charge is 0.380 e. The van der Waals surface area contributed by atoms with E-state index in [0.29, 0.717) is 27.6 Å². The Morgan fingerprint density at radius 1 is 1.08 bits per heavy atom. The van der Waals surface area contributed by atoms with Gasteiger partial charge in [0.1, 0.15) is 11.5 Å². The van der Waals surface area contributed by atoms with Crippen molar-refractivity contribution in [2.45, 2.75) is 6.92 Å². The minimum absolute atomic E-state index is 0.187. The second-order valence-corrected chi connectivity index (χ2v) is 6.07. The molecule has 4 aromatic rings. The first-order valence-electron chi connectivity index (χ1n) is 7.44. The number of aryl methyl sites for hydroxylation is 1. The van der Waals surface area contributed by atoms with E-state index in [1.54, 1.807) is 18.2 Å². The Morgan fingerprint density at radius 2 is 1.84 bits per heavy atom. The van der Waals surface area contributed by atoms with Crippen LogP contribution in [0.2, 0.25) is 5.02 Å². The summed E-state index contributed by atoms with van der Waals surface area (Å²) in [7, 11) is 0. The highest BCUT2D eigenvalue weighted by Gasteiger charge is 2.19. The Bertz CT molecular complexity index is 1070. The number of nitrogen functional groups attached to an aromatic ring is 1. The number of nitrogens with zero attached hydrogens (tertiary/aromatic N) is 5. The van der Waals surface area contributed by atoms with Gasteiger partial charge in [0, 0.05) is 16.1 Å². The van der Waals surface area contributed by atoms with Crippen LogP contribution in [0.4, 0.5) is 10.2 Å². The van der Waals surface area contributed by atoms with Gasteiger partial charge < -0.3 is 5.73 Å². The van der Waals surface area contributed by atoms with Gasteiger partial charge in [-0.3, -0.25) is 0 Å². The van der Waals surface area contributed by atoms with Gasteiger partial charge in [-0.15, -0.1) is 5.10 Å². The van der Waals surface area contributed by atoms with Crippen LogP contribution in [-0.4, -0.2) is 25.0 Å². The topological polar surface area (TPSA) is 82.0 Å². The van der Waals surface area contributed by atoms with Gasteiger partial charge >= 0.3 is 0 Å². The fourth-order valence-corrected chi connectivity index (χ4v) is 3.05. The van der Waals surface area contributed by atoms with E-state index in [0.717, 1.165) is 11.1 Å². The van der Waals surface area contributed by atoms with E-state index in [2.05, 4.69) is 20.5 Å². The number of aromatic nitrogens is 5. The number of hydrogen-bond acceptors (Lipinski definition) is 5. The van der Waals surface area contributed by atoms with E-state index in [4.69, 9.17) is 17.3 Å². The molecule has 2 heterocycles. The van der Waals surface area contributed by atoms with Gasteiger partial charge in [-0.2, -0.15) is 4.52 Å². The second kappa shape index (κ2) is 5.78. The van der Waals surface area contributed by atoms with E-state index in [-0.39, 0.29) is 11.6 Å². The van der Waals surface area contributed by atoms with Crippen LogP contribution < -0.4 is 5.73 Å². The summed E-state index contributed by atoms with van der Waals surface area (Å²) in [5.74, 6) is -0.146. The summed E-state index contributed by atoms with van der Waals surface area (Å²) < 4.78 is 14.8. The lowest BCUT2D eigenvalue weighted by molar-refractivity contribution is 0.628. The molecule has 0 bridgehead atoms. The minimum atomic E-state index is -0.333. The van der Waals surface area contributed by atoms with Crippen LogP contribution in [-0.2, 0) is 0 Å². The lowest BCUT2D eigenvalue weighted by Gasteiger charge is -2.13. The van der Waals surface area contributed by atoms with Gasteiger partial charge in [0.15, 0.2) is 5.82 Å². The molecule has 124 valence electrons. The number of benzene rings is 2. The van der Waals surface area contributed by atoms with Crippen molar-refractivity contribution < 1.29 is 4.39 Å². The second-order valence-electron chi connectivity index (χ2n) is 5.63. The molecule has 0 radical (unpaired) electrons. The van der Waals surface area contributed by atoms with Crippen molar-refractivity contribution in [3.05, 3.63) is 58.9 Å². The Morgan fingerprint density at radius 3 is 2.56 bits per heavy atom. The first-order valence-corrected chi connectivity index (χ1v) is 7.82. The third-order valence-corrected chi connectivity index (χ3v) is 4.02. The molecule has 0 saturated carbocycles. The Balaban J connectivity index is 2.10. The smallest absolute Gasteiger partial charge is 0.222 e. The van der Waals surface area contributed by atoms with Crippen molar-refractivity contribution in [1.82, 2.24) is 25.0 Å². The lowest BCUT2D eigenvalue weighted by Crippen LogP contribution is -2.05. The summed E-state index contributed by atoms with van der Waals surface area (Å²) in [5.41, 5.74) is 9.97. The standard InChI is InChI=1S/C17H12ClFN6/c1-9-6-11(8-12(18)7-9)15-14(10-2-4-13(19)5-3-10)21-16(20)17-22-23-24-25(15)17/h2-8H,1H3,(H2,20,21). The number of fused-ring (bicyclic) bond motifs is 1. The van der Waals surface area contributed by atoms with Gasteiger partial charge in [-0.25, -0.2) is 9.37 Å². The summed E-state index contributed by atoms with van der Waals surface area (Å²) in [6, 6.07) is 11.6. The minimum Gasteiger partial charge on any atom is -0.380 e. The molecule has 0 aliphatic rings. The first kappa shape index (κ1) is 15.5. The van der Waals surface area contributed by atoms with Crippen LogP contribution in [0, 0.1) is 12.7 Å². The van der Waals surface area contributed by atoms with Crippen molar-refractivity contribution in [3.63, 3.8) is 0 Å². The quantitative estimate of drug-likeness (QED) is 0.595. The fraction of sp³-hybridized carbons (Fsp3) is 0.0588. The SMILES string of the molecule is Cc1cc(Cl)cc(-c2c(-c3ccc(F)cc3)nc(N)c3nnnn23)c1. The molecule has 0 atom stereocenters. The van der Waals surface area contributed by atoms with Gasteiger partial charge in [-0.1, -0.05) is 11.6 Å². The van der Waals surface area contributed by atoms with E-state index in [1.807, 2.05) is 19.1 Å². The molecular weight excluding hydrogens is 343 g/mol. The zero-order valence-corrected chi connectivity index (χ0v) is 13.9. The monoisotopic (exact) mass is 354 g/mol. The van der Waals surface area contributed by atoms with Crippen LogP contribution in [0.5, 0.6) is 0 Å². The van der Waals surface area contributed by atoms with Crippen LogP contribution >= 0.6 is 11.6 Å². The van der Waals surface area contributed by atoms with Crippen molar-refractivity contribution in [1.29, 1.82) is 0 Å². The summed E-state index contributed by atoms with van der Waals surface area (Å²) in [4.78, 5) is 4.46. The third kappa shape index (κ3) is 2.68. The molecule has 0 saturated heterocycles. The van der Waals surface area contributed by atoms with Crippen molar-refractivity contribution in [3.8, 4) is 22.5 Å². The molecule has 25 heavy (non-hydrogen) atoms. The average molecular weight is 355 g/mol. The fourth-order valence-electron chi connectivity index (χ4n) is 2.76. The molecule has 0 unspecified atom stereocenters. The van der Waals surface area contributed by atoms with Crippen molar-refractivity contribution in [2.24, 2.45) is 0 Å². The molecule has 2 aromatic heterocycles. The predicted molar refractivity (Wildman–Crippen MR) is 93.6 cm³/mol. The molecule has 0 aliphatic heterocycles. The Hall–Kier alpha value is -3.06. The van der Waals surface area contributed by atoms with E-state index in [9.17, 15) is 4.39 Å². The first-order chi connectivity index (χ1) is 12.0. The summed E-state index contributed by atoms with van der Waals surface area (Å²) in [6.45, 7) is 1.94. The molecule has 0 amide bonds. The average Bonchev–Trinajstić information content (AvgIpc) is 3.04. The van der Waals surface area contributed by atoms with Crippen molar-refractivity contribution >= 4 is 23.1 Å². The van der Waals surface area contributed by atoms with Crippen LogP contribution in [0.1, 0.15) is 5.56 Å². The Kier molecular flexibility index (Phi) is 3.58. The predicted octanol–water partition coefficient (Wildman–Crippen LogP) is 3.54. The number of hydrogen-bond donors (Lipinski definition) is 1. The molecule has 0 spiro atoms. The molecule has 8 heteroatoms. The molecule has 2 N–H and O–H groups in total. The van der Waals surface area contributed by atoms with Gasteiger partial charge in [-0.05, 0) is 65.4 Å². The summed E-state index contributed by atoms with van der Waals surface area (Å²) in [5, 5.41) is 12.2. The highest BCUT2D eigenvalue weighted by atomic mass is 35.5. The maximum atomic E-state index is 13.3. The lowest BCUT2D eigenvalue weighted by atomic mass is 10.0. The van der Waals surface area contributed by atoms with E-state index in [1.165, 1.54) is 16.6 Å². The summed E-state index contributed by atoms with van der Waals surface area (Å²) >= 11 is 6.22. The Labute approximate surface area is 147 Å². The molecule has 0 aliphatic carbocycles. The summed E-state index contributed by atoms with van der Waals surface area (Å²) in [6.07, 6.45) is 0. The number of anilines is 1. The van der Waals surface area contributed by atoms with Crippen molar-refractivity contribution in [2.75, 3.05) is 5.73 Å². The van der Waals surface area contributed by atoms with E-state index >= 15 is 0 Å². The number of nitrogens with two attached hydrogens (primary N) is 1. The zero-order chi connectivity index (χ0) is 17.6. The van der Waals surface area contributed by atoms with Gasteiger partial charge in [0.05, 0.1) is 5.69 Å². The molecule has 0 fully saturated rings. The molecule has 4 rings (SSSR count). The molecular formula is C17H12ClFN6.